The molecule has 0 aliphatic heterocycles. The van der Waals surface area contributed by atoms with Gasteiger partial charge in [0.25, 0.3) is 0 Å². The molecule has 0 aromatic heterocycles. The second-order valence-corrected chi connectivity index (χ2v) is 10.6. The van der Waals surface area contributed by atoms with Crippen molar-refractivity contribution in [1.82, 2.24) is 0 Å². The summed E-state index contributed by atoms with van der Waals surface area (Å²) in [7, 11) is 1.59. The Morgan fingerprint density at radius 1 is 1.08 bits per heavy atom. The lowest BCUT2D eigenvalue weighted by molar-refractivity contribution is -0.137. The molecule has 1 saturated carbocycles. The molecule has 1 N–H and O–H groups in total. The van der Waals surface area contributed by atoms with Gasteiger partial charge in [0.1, 0.15) is 23.9 Å². The van der Waals surface area contributed by atoms with E-state index in [1.54, 1.807) is 19.2 Å². The van der Waals surface area contributed by atoms with Gasteiger partial charge >= 0.3 is 5.97 Å². The molecule has 0 spiro atoms. The zero-order chi connectivity index (χ0) is 25.9. The van der Waals surface area contributed by atoms with Crippen molar-refractivity contribution in [3.05, 3.63) is 83.2 Å². The van der Waals surface area contributed by atoms with Crippen LogP contribution in [0, 0.1) is 11.2 Å². The summed E-state index contributed by atoms with van der Waals surface area (Å²) >= 11 is 0. The second-order valence-electron chi connectivity index (χ2n) is 10.6. The van der Waals surface area contributed by atoms with E-state index in [1.807, 2.05) is 43.3 Å². The van der Waals surface area contributed by atoms with Gasteiger partial charge in [0.15, 0.2) is 0 Å². The fourth-order valence-corrected chi connectivity index (χ4v) is 5.43. The standard InChI is InChI=1S/C31H35FO4/c1-20(15-30(33)34)22-7-5-8-24(17-22)36-19-21-10-12-25(27-18-23(35-4)11-13-29(27)32)26(16-21)28-9-6-14-31(28,2)3/h5,7-8,10-13,16-18,20,28H,6,9,14-15,19H2,1-4H3,(H,33,34)/t20-,28?/m1/s1. The van der Waals surface area contributed by atoms with E-state index in [1.165, 1.54) is 6.07 Å². The van der Waals surface area contributed by atoms with Crippen LogP contribution in [0.2, 0.25) is 0 Å². The van der Waals surface area contributed by atoms with Crippen LogP contribution >= 0.6 is 0 Å². The topological polar surface area (TPSA) is 55.8 Å². The first-order valence-electron chi connectivity index (χ1n) is 12.6. The molecule has 0 saturated heterocycles. The molecule has 36 heavy (non-hydrogen) atoms. The molecule has 0 bridgehead atoms. The number of carboxylic acids is 1. The van der Waals surface area contributed by atoms with Crippen molar-refractivity contribution in [3.8, 4) is 22.6 Å². The quantitative estimate of drug-likeness (QED) is 0.331. The molecule has 2 atom stereocenters. The minimum Gasteiger partial charge on any atom is -0.497 e. The Hall–Kier alpha value is -3.34. The predicted molar refractivity (Wildman–Crippen MR) is 140 cm³/mol. The average molecular weight is 491 g/mol. The van der Waals surface area contributed by atoms with Gasteiger partial charge < -0.3 is 14.6 Å². The van der Waals surface area contributed by atoms with Gasteiger partial charge in [-0.15, -0.1) is 0 Å². The summed E-state index contributed by atoms with van der Waals surface area (Å²) in [6.07, 6.45) is 3.44. The molecule has 3 aromatic rings. The van der Waals surface area contributed by atoms with Crippen LogP contribution in [0.1, 0.15) is 75.0 Å². The van der Waals surface area contributed by atoms with Crippen LogP contribution in [0.4, 0.5) is 4.39 Å². The van der Waals surface area contributed by atoms with Gasteiger partial charge in [0, 0.05) is 5.56 Å². The van der Waals surface area contributed by atoms with Crippen LogP contribution in [0.25, 0.3) is 11.1 Å². The van der Waals surface area contributed by atoms with Crippen LogP contribution in [-0.2, 0) is 11.4 Å². The van der Waals surface area contributed by atoms with Crippen molar-refractivity contribution in [1.29, 1.82) is 0 Å². The number of hydrogen-bond acceptors (Lipinski definition) is 3. The number of carbonyl (C=O) groups is 1. The number of methoxy groups -OCH3 is 1. The van der Waals surface area contributed by atoms with Gasteiger partial charge in [-0.3, -0.25) is 4.79 Å². The predicted octanol–water partition coefficient (Wildman–Crippen LogP) is 7.95. The normalized spacial score (nSPS) is 17.5. The van der Waals surface area contributed by atoms with Gasteiger partial charge in [-0.05, 0) is 82.7 Å². The number of halogens is 1. The second kappa shape index (κ2) is 10.7. The number of ether oxygens (including phenoxy) is 2. The molecule has 190 valence electrons. The Morgan fingerprint density at radius 2 is 1.89 bits per heavy atom. The van der Waals surface area contributed by atoms with Crippen molar-refractivity contribution in [2.24, 2.45) is 5.41 Å². The van der Waals surface area contributed by atoms with E-state index in [9.17, 15) is 9.18 Å². The minimum atomic E-state index is -0.816. The summed E-state index contributed by atoms with van der Waals surface area (Å²) in [5, 5.41) is 9.11. The highest BCUT2D eigenvalue weighted by Crippen LogP contribution is 2.51. The number of aliphatic carboxylic acids is 1. The maximum Gasteiger partial charge on any atom is 0.303 e. The molecule has 3 aromatic carbocycles. The van der Waals surface area contributed by atoms with E-state index >= 15 is 0 Å². The van der Waals surface area contributed by atoms with Crippen LogP contribution in [0.5, 0.6) is 11.5 Å². The lowest BCUT2D eigenvalue weighted by Gasteiger charge is -2.30. The zero-order valence-corrected chi connectivity index (χ0v) is 21.5. The number of carboxylic acid groups (broad SMARTS) is 1. The van der Waals surface area contributed by atoms with Crippen LogP contribution in [0.15, 0.2) is 60.7 Å². The summed E-state index contributed by atoms with van der Waals surface area (Å²) in [4.78, 5) is 11.1. The summed E-state index contributed by atoms with van der Waals surface area (Å²) in [6, 6.07) is 18.7. The van der Waals surface area contributed by atoms with E-state index < -0.39 is 5.97 Å². The van der Waals surface area contributed by atoms with E-state index in [0.29, 0.717) is 29.6 Å². The molecular formula is C31H35FO4. The highest BCUT2D eigenvalue weighted by molar-refractivity contribution is 5.71. The number of hydrogen-bond donors (Lipinski definition) is 1. The molecule has 4 nitrogen and oxygen atoms in total. The molecule has 1 aliphatic carbocycles. The largest absolute Gasteiger partial charge is 0.497 e. The Morgan fingerprint density at radius 3 is 2.58 bits per heavy atom. The lowest BCUT2D eigenvalue weighted by Crippen LogP contribution is -2.17. The van der Waals surface area contributed by atoms with Crippen LogP contribution in [0.3, 0.4) is 0 Å². The van der Waals surface area contributed by atoms with E-state index in [4.69, 9.17) is 14.6 Å². The fraction of sp³-hybridized carbons (Fsp3) is 0.387. The summed E-state index contributed by atoms with van der Waals surface area (Å²) in [6.45, 7) is 6.86. The van der Waals surface area contributed by atoms with Crippen molar-refractivity contribution in [2.45, 2.75) is 64.9 Å². The number of rotatable bonds is 9. The summed E-state index contributed by atoms with van der Waals surface area (Å²) in [5.41, 5.74) is 4.68. The fourth-order valence-electron chi connectivity index (χ4n) is 5.43. The first kappa shape index (κ1) is 25.7. The first-order valence-corrected chi connectivity index (χ1v) is 12.6. The molecule has 4 rings (SSSR count). The Bertz CT molecular complexity index is 1230. The van der Waals surface area contributed by atoms with E-state index in [-0.39, 0.29) is 23.6 Å². The smallest absolute Gasteiger partial charge is 0.303 e. The molecule has 1 fully saturated rings. The van der Waals surface area contributed by atoms with Crippen LogP contribution in [-0.4, -0.2) is 18.2 Å². The minimum absolute atomic E-state index is 0.0757. The Balaban J connectivity index is 1.64. The van der Waals surface area contributed by atoms with Crippen LogP contribution < -0.4 is 9.47 Å². The highest BCUT2D eigenvalue weighted by atomic mass is 19.1. The molecule has 0 amide bonds. The van der Waals surface area contributed by atoms with Crippen molar-refractivity contribution in [2.75, 3.05) is 7.11 Å². The molecule has 0 radical (unpaired) electrons. The maximum atomic E-state index is 15.0. The summed E-state index contributed by atoms with van der Waals surface area (Å²) < 4.78 is 26.5. The molecule has 0 heterocycles. The Labute approximate surface area is 213 Å². The molecule has 1 aliphatic rings. The van der Waals surface area contributed by atoms with Gasteiger partial charge in [-0.1, -0.05) is 57.5 Å². The van der Waals surface area contributed by atoms with Gasteiger partial charge in [-0.25, -0.2) is 4.39 Å². The van der Waals surface area contributed by atoms with Crippen molar-refractivity contribution in [3.63, 3.8) is 0 Å². The molecule has 5 heteroatoms. The average Bonchev–Trinajstić information content (AvgIpc) is 3.21. The third kappa shape index (κ3) is 5.72. The van der Waals surface area contributed by atoms with Gasteiger partial charge in [0.05, 0.1) is 13.5 Å². The third-order valence-corrected chi connectivity index (χ3v) is 7.53. The first-order chi connectivity index (χ1) is 17.2. The van der Waals surface area contributed by atoms with Crippen molar-refractivity contribution < 1.29 is 23.8 Å². The zero-order valence-electron chi connectivity index (χ0n) is 21.5. The number of benzene rings is 3. The van der Waals surface area contributed by atoms with Crippen molar-refractivity contribution >= 4 is 5.97 Å². The molecule has 1 unspecified atom stereocenters. The van der Waals surface area contributed by atoms with Gasteiger partial charge in [-0.2, -0.15) is 0 Å². The monoisotopic (exact) mass is 490 g/mol. The maximum absolute atomic E-state index is 15.0. The van der Waals surface area contributed by atoms with E-state index in [2.05, 4.69) is 19.9 Å². The SMILES string of the molecule is COc1ccc(F)c(-c2ccc(COc3cccc([C@H](C)CC(=O)O)c3)cc2C2CCCC2(C)C)c1. The lowest BCUT2D eigenvalue weighted by atomic mass is 9.75. The van der Waals surface area contributed by atoms with E-state index in [0.717, 1.165) is 41.5 Å². The Kier molecular flexibility index (Phi) is 7.67. The summed E-state index contributed by atoms with van der Waals surface area (Å²) in [5.74, 6) is 0.480. The molecular weight excluding hydrogens is 455 g/mol. The van der Waals surface area contributed by atoms with Gasteiger partial charge in [0.2, 0.25) is 0 Å². The highest BCUT2D eigenvalue weighted by Gasteiger charge is 2.37. The third-order valence-electron chi connectivity index (χ3n) is 7.53.